The van der Waals surface area contributed by atoms with E-state index in [0.29, 0.717) is 22.8 Å². The first-order valence-electron chi connectivity index (χ1n) is 5.90. The molecule has 2 N–H and O–H groups in total. The summed E-state index contributed by atoms with van der Waals surface area (Å²) >= 11 is 5.81. The van der Waals surface area contributed by atoms with Gasteiger partial charge in [-0.3, -0.25) is 0 Å². The lowest BCUT2D eigenvalue weighted by Crippen LogP contribution is -2.31. The highest BCUT2D eigenvalue weighted by atomic mass is 35.5. The van der Waals surface area contributed by atoms with Crippen molar-refractivity contribution in [2.45, 2.75) is 13.5 Å². The van der Waals surface area contributed by atoms with Gasteiger partial charge >= 0.3 is 7.12 Å². The molecule has 0 heterocycles. The highest BCUT2D eigenvalue weighted by Gasteiger charge is 2.17. The average molecular weight is 277 g/mol. The van der Waals surface area contributed by atoms with Crippen molar-refractivity contribution in [3.8, 4) is 5.75 Å². The van der Waals surface area contributed by atoms with Crippen LogP contribution in [0.4, 0.5) is 0 Å². The lowest BCUT2D eigenvalue weighted by Gasteiger charge is -2.12. The third-order valence-corrected chi connectivity index (χ3v) is 3.00. The number of hydrogen-bond donors (Lipinski definition) is 2. The fourth-order valence-electron chi connectivity index (χ4n) is 1.74. The zero-order valence-corrected chi connectivity index (χ0v) is 11.3. The molecule has 0 aliphatic heterocycles. The van der Waals surface area contributed by atoms with Gasteiger partial charge in [-0.15, -0.1) is 0 Å². The molecule has 98 valence electrons. The van der Waals surface area contributed by atoms with Gasteiger partial charge in [-0.2, -0.15) is 0 Å². The Kier molecular flexibility index (Phi) is 4.48. The van der Waals surface area contributed by atoms with Crippen molar-refractivity contribution >= 4 is 24.2 Å². The minimum atomic E-state index is -1.54. The Labute approximate surface area is 117 Å². The predicted octanol–water partition coefficient (Wildman–Crippen LogP) is 1.91. The maximum absolute atomic E-state index is 9.32. The molecule has 0 unspecified atom stereocenters. The SMILES string of the molecule is Cc1ccc(OCc2ccc(Cl)cc2)c(B(O)O)c1. The van der Waals surface area contributed by atoms with E-state index in [9.17, 15) is 10.0 Å². The van der Waals surface area contributed by atoms with Crippen LogP contribution < -0.4 is 10.2 Å². The minimum absolute atomic E-state index is 0.347. The van der Waals surface area contributed by atoms with Gasteiger partial charge in [-0.1, -0.05) is 41.4 Å². The van der Waals surface area contributed by atoms with Crippen molar-refractivity contribution in [1.29, 1.82) is 0 Å². The van der Waals surface area contributed by atoms with Crippen molar-refractivity contribution < 1.29 is 14.8 Å². The summed E-state index contributed by atoms with van der Waals surface area (Å²) in [6, 6.07) is 12.6. The van der Waals surface area contributed by atoms with Gasteiger partial charge in [0.15, 0.2) is 0 Å². The molecule has 0 amide bonds. The molecule has 19 heavy (non-hydrogen) atoms. The fourth-order valence-corrected chi connectivity index (χ4v) is 1.87. The van der Waals surface area contributed by atoms with Crippen LogP contribution in [0.5, 0.6) is 5.75 Å². The lowest BCUT2D eigenvalue weighted by molar-refractivity contribution is 0.306. The fraction of sp³-hybridized carbons (Fsp3) is 0.143. The second kappa shape index (κ2) is 6.11. The summed E-state index contributed by atoms with van der Waals surface area (Å²) in [4.78, 5) is 0. The maximum atomic E-state index is 9.32. The van der Waals surface area contributed by atoms with E-state index < -0.39 is 7.12 Å². The van der Waals surface area contributed by atoms with Gasteiger partial charge in [0, 0.05) is 10.5 Å². The van der Waals surface area contributed by atoms with Gasteiger partial charge in [0.05, 0.1) is 0 Å². The molecule has 0 radical (unpaired) electrons. The molecule has 0 bridgehead atoms. The molecule has 0 aliphatic rings. The molecule has 0 saturated carbocycles. The van der Waals surface area contributed by atoms with Gasteiger partial charge < -0.3 is 14.8 Å². The van der Waals surface area contributed by atoms with E-state index in [4.69, 9.17) is 16.3 Å². The molecular weight excluding hydrogens is 262 g/mol. The van der Waals surface area contributed by atoms with Crippen LogP contribution in [0.1, 0.15) is 11.1 Å². The molecule has 5 heteroatoms. The number of hydrogen-bond acceptors (Lipinski definition) is 3. The quantitative estimate of drug-likeness (QED) is 0.839. The van der Waals surface area contributed by atoms with E-state index >= 15 is 0 Å². The number of halogens is 1. The Bertz CT molecular complexity index is 555. The monoisotopic (exact) mass is 276 g/mol. The zero-order chi connectivity index (χ0) is 13.8. The molecule has 0 aliphatic carbocycles. The van der Waals surface area contributed by atoms with Crippen molar-refractivity contribution in [2.75, 3.05) is 0 Å². The lowest BCUT2D eigenvalue weighted by atomic mass is 9.79. The summed E-state index contributed by atoms with van der Waals surface area (Å²) in [5.74, 6) is 0.468. The molecular formula is C14H14BClO3. The molecule has 0 atom stereocenters. The van der Waals surface area contributed by atoms with E-state index in [-0.39, 0.29) is 0 Å². The topological polar surface area (TPSA) is 49.7 Å². The largest absolute Gasteiger partial charge is 0.492 e. The first-order valence-corrected chi connectivity index (χ1v) is 6.28. The maximum Gasteiger partial charge on any atom is 0.492 e. The summed E-state index contributed by atoms with van der Waals surface area (Å²) in [5, 5.41) is 19.3. The van der Waals surface area contributed by atoms with Crippen molar-refractivity contribution in [3.63, 3.8) is 0 Å². The molecule has 2 aromatic carbocycles. The second-order valence-electron chi connectivity index (χ2n) is 4.33. The Morgan fingerprint density at radius 2 is 1.79 bits per heavy atom. The molecule has 3 nitrogen and oxygen atoms in total. The van der Waals surface area contributed by atoms with E-state index in [0.717, 1.165) is 11.1 Å². The van der Waals surface area contributed by atoms with Crippen molar-refractivity contribution in [3.05, 3.63) is 58.6 Å². The van der Waals surface area contributed by atoms with E-state index in [1.54, 1.807) is 24.3 Å². The molecule has 2 rings (SSSR count). The average Bonchev–Trinajstić information content (AvgIpc) is 2.39. The summed E-state index contributed by atoms with van der Waals surface area (Å²) < 4.78 is 5.62. The van der Waals surface area contributed by atoms with Crippen LogP contribution in [0.2, 0.25) is 5.02 Å². The van der Waals surface area contributed by atoms with Crippen molar-refractivity contribution in [2.24, 2.45) is 0 Å². The minimum Gasteiger partial charge on any atom is -0.489 e. The number of rotatable bonds is 4. The second-order valence-corrected chi connectivity index (χ2v) is 4.77. The normalized spacial score (nSPS) is 10.3. The Balaban J connectivity index is 2.13. The van der Waals surface area contributed by atoms with Crippen LogP contribution >= 0.6 is 11.6 Å². The Hall–Kier alpha value is -1.49. The first-order chi connectivity index (χ1) is 9.06. The molecule has 0 saturated heterocycles. The highest BCUT2D eigenvalue weighted by molar-refractivity contribution is 6.59. The molecule has 0 fully saturated rings. The molecule has 0 aromatic heterocycles. The van der Waals surface area contributed by atoms with E-state index in [1.165, 1.54) is 0 Å². The number of aryl methyl sites for hydroxylation is 1. The van der Waals surface area contributed by atoms with Crippen LogP contribution in [0.15, 0.2) is 42.5 Å². The van der Waals surface area contributed by atoms with E-state index in [2.05, 4.69) is 0 Å². The van der Waals surface area contributed by atoms with Gasteiger partial charge in [-0.05, 0) is 30.7 Å². The predicted molar refractivity (Wildman–Crippen MR) is 76.8 cm³/mol. The van der Waals surface area contributed by atoms with Crippen LogP contribution in [0, 0.1) is 6.92 Å². The first kappa shape index (κ1) is 13.9. The Morgan fingerprint density at radius 3 is 2.42 bits per heavy atom. The molecule has 0 spiro atoms. The highest BCUT2D eigenvalue weighted by Crippen LogP contribution is 2.14. The number of ether oxygens (including phenoxy) is 1. The third kappa shape index (κ3) is 3.74. The van der Waals surface area contributed by atoms with Crippen LogP contribution in [0.3, 0.4) is 0 Å². The summed E-state index contributed by atoms with van der Waals surface area (Å²) in [6.45, 7) is 2.23. The number of benzene rings is 2. The zero-order valence-electron chi connectivity index (χ0n) is 10.5. The summed E-state index contributed by atoms with van der Waals surface area (Å²) in [7, 11) is -1.54. The van der Waals surface area contributed by atoms with Gasteiger partial charge in [0.1, 0.15) is 12.4 Å². The van der Waals surface area contributed by atoms with Gasteiger partial charge in [0.2, 0.25) is 0 Å². The van der Waals surface area contributed by atoms with Gasteiger partial charge in [-0.25, -0.2) is 0 Å². The Morgan fingerprint density at radius 1 is 1.11 bits per heavy atom. The molecule has 2 aromatic rings. The standard InChI is InChI=1S/C14H14BClO3/c1-10-2-7-14(13(8-10)15(17)18)19-9-11-3-5-12(16)6-4-11/h2-8,17-18H,9H2,1H3. The third-order valence-electron chi connectivity index (χ3n) is 2.75. The van der Waals surface area contributed by atoms with Gasteiger partial charge in [0.25, 0.3) is 0 Å². The summed E-state index contributed by atoms with van der Waals surface area (Å²) in [5.41, 5.74) is 2.28. The van der Waals surface area contributed by atoms with Crippen molar-refractivity contribution in [1.82, 2.24) is 0 Å². The van der Waals surface area contributed by atoms with E-state index in [1.807, 2.05) is 25.1 Å². The summed E-state index contributed by atoms with van der Waals surface area (Å²) in [6.07, 6.45) is 0. The van der Waals surface area contributed by atoms with Crippen LogP contribution in [-0.4, -0.2) is 17.2 Å². The smallest absolute Gasteiger partial charge is 0.489 e. The van der Waals surface area contributed by atoms with Crippen LogP contribution in [0.25, 0.3) is 0 Å². The van der Waals surface area contributed by atoms with Crippen LogP contribution in [-0.2, 0) is 6.61 Å².